The number of alkyl halides is 3. The average Bonchev–Trinajstić information content (AvgIpc) is 3.28. The fourth-order valence-electron chi connectivity index (χ4n) is 3.26. The smallest absolute Gasteiger partial charge is 0.316 e. The maximum absolute atomic E-state index is 13.2. The van der Waals surface area contributed by atoms with Crippen LogP contribution in [0.4, 0.5) is 18.9 Å². The van der Waals surface area contributed by atoms with Gasteiger partial charge in [0.2, 0.25) is 0 Å². The first-order valence-corrected chi connectivity index (χ1v) is 11.3. The van der Waals surface area contributed by atoms with Crippen molar-refractivity contribution >= 4 is 50.0 Å². The van der Waals surface area contributed by atoms with Crippen LogP contribution in [0.5, 0.6) is 0 Å². The number of amides is 1. The molecule has 0 spiro atoms. The number of anilines is 1. The molecule has 146 valence electrons. The van der Waals surface area contributed by atoms with Gasteiger partial charge in [0.25, 0.3) is 5.91 Å². The average molecular weight is 439 g/mol. The normalized spacial score (nSPS) is 28.6. The summed E-state index contributed by atoms with van der Waals surface area (Å²) >= 11 is 6.83. The molecule has 3 aliphatic rings. The molecule has 11 heteroatoms. The molecule has 2 atom stereocenters. The summed E-state index contributed by atoms with van der Waals surface area (Å²) in [4.78, 5) is 17.7. The second-order valence-electron chi connectivity index (χ2n) is 6.84. The molecule has 0 radical (unpaired) electrons. The van der Waals surface area contributed by atoms with Gasteiger partial charge in [0.05, 0.1) is 28.1 Å². The molecule has 0 aromatic heterocycles. The zero-order chi connectivity index (χ0) is 19.6. The lowest BCUT2D eigenvalue weighted by Gasteiger charge is -2.25. The molecule has 2 saturated heterocycles. The highest BCUT2D eigenvalue weighted by atomic mass is 35.5. The lowest BCUT2D eigenvalue weighted by atomic mass is 10.1. The summed E-state index contributed by atoms with van der Waals surface area (Å²) in [5.41, 5.74) is -0.880. The Morgan fingerprint density at radius 2 is 1.96 bits per heavy atom. The van der Waals surface area contributed by atoms with Crippen molar-refractivity contribution in [1.82, 2.24) is 0 Å². The zero-order valence-electron chi connectivity index (χ0n) is 13.7. The lowest BCUT2D eigenvalue weighted by Crippen LogP contribution is -2.38. The highest BCUT2D eigenvalue weighted by Crippen LogP contribution is 2.44. The Hall–Kier alpha value is -1.26. The fourth-order valence-corrected chi connectivity index (χ4v) is 7.41. The number of hydrogen-bond donors (Lipinski definition) is 0. The molecule has 1 aromatic carbocycles. The van der Waals surface area contributed by atoms with Crippen LogP contribution < -0.4 is 4.90 Å². The van der Waals surface area contributed by atoms with Gasteiger partial charge in [0.1, 0.15) is 0 Å². The van der Waals surface area contributed by atoms with Crippen molar-refractivity contribution in [3.63, 3.8) is 0 Å². The number of rotatable bonds is 2. The molecule has 4 rings (SSSR count). The third-order valence-electron chi connectivity index (χ3n) is 4.73. The van der Waals surface area contributed by atoms with Crippen molar-refractivity contribution in [2.24, 2.45) is 10.9 Å². The third kappa shape index (κ3) is 3.71. The largest absolute Gasteiger partial charge is 0.417 e. The van der Waals surface area contributed by atoms with Crippen LogP contribution in [0.15, 0.2) is 23.2 Å². The molecular formula is C16H14ClF3N2O3S2. The van der Waals surface area contributed by atoms with Crippen molar-refractivity contribution < 1.29 is 26.4 Å². The topological polar surface area (TPSA) is 66.8 Å². The first-order valence-electron chi connectivity index (χ1n) is 8.21. The Morgan fingerprint density at radius 3 is 2.59 bits per heavy atom. The Bertz CT molecular complexity index is 945. The number of carbonyl (C=O) groups is 1. The van der Waals surface area contributed by atoms with Gasteiger partial charge in [0, 0.05) is 16.9 Å². The van der Waals surface area contributed by atoms with E-state index in [1.54, 1.807) is 0 Å². The number of benzene rings is 1. The van der Waals surface area contributed by atoms with Crippen LogP contribution in [0, 0.1) is 5.92 Å². The molecule has 1 aromatic rings. The van der Waals surface area contributed by atoms with E-state index in [1.807, 2.05) is 0 Å². The quantitative estimate of drug-likeness (QED) is 0.708. The number of thioether (sulfide) groups is 1. The van der Waals surface area contributed by atoms with E-state index in [0.717, 1.165) is 36.7 Å². The highest BCUT2D eigenvalue weighted by Gasteiger charge is 2.50. The highest BCUT2D eigenvalue weighted by molar-refractivity contribution is 8.16. The molecule has 0 N–H and O–H groups in total. The van der Waals surface area contributed by atoms with Crippen LogP contribution in [0.25, 0.3) is 0 Å². The van der Waals surface area contributed by atoms with E-state index in [4.69, 9.17) is 11.6 Å². The van der Waals surface area contributed by atoms with E-state index in [1.165, 1.54) is 11.0 Å². The second-order valence-corrected chi connectivity index (χ2v) is 10.6. The Morgan fingerprint density at radius 1 is 1.26 bits per heavy atom. The number of halogens is 4. The standard InChI is InChI=1S/C16H14ClF3N2O3S2/c17-11-4-3-9(5-10(11)16(18,19)20)22-12-6-27(24,25)7-13(12)26-15(22)21-14(23)8-1-2-8/h3-5,8,12-13H,1-2,6-7H2/t12-,13-/m1/s1. The lowest BCUT2D eigenvalue weighted by molar-refractivity contribution is -0.137. The van der Waals surface area contributed by atoms with Crippen molar-refractivity contribution in [3.8, 4) is 0 Å². The first kappa shape index (κ1) is 19.1. The summed E-state index contributed by atoms with van der Waals surface area (Å²) in [6.45, 7) is 0. The third-order valence-corrected chi connectivity index (χ3v) is 8.27. The van der Waals surface area contributed by atoms with Gasteiger partial charge >= 0.3 is 6.18 Å². The molecular weight excluding hydrogens is 425 g/mol. The molecule has 1 aliphatic carbocycles. The van der Waals surface area contributed by atoms with Gasteiger partial charge in [-0.2, -0.15) is 18.2 Å². The Balaban J connectivity index is 1.77. The number of fused-ring (bicyclic) bond motifs is 1. The monoisotopic (exact) mass is 438 g/mol. The molecule has 3 fully saturated rings. The van der Waals surface area contributed by atoms with E-state index in [2.05, 4.69) is 4.99 Å². The zero-order valence-corrected chi connectivity index (χ0v) is 16.1. The van der Waals surface area contributed by atoms with Crippen molar-refractivity contribution in [1.29, 1.82) is 0 Å². The van der Waals surface area contributed by atoms with Crippen LogP contribution in [0.2, 0.25) is 5.02 Å². The summed E-state index contributed by atoms with van der Waals surface area (Å²) in [6, 6.07) is 2.84. The maximum atomic E-state index is 13.2. The van der Waals surface area contributed by atoms with Crippen LogP contribution in [0.3, 0.4) is 0 Å². The molecule has 0 unspecified atom stereocenters. The van der Waals surface area contributed by atoms with Crippen molar-refractivity contribution in [3.05, 3.63) is 28.8 Å². The summed E-state index contributed by atoms with van der Waals surface area (Å²) in [5, 5.41) is -0.556. The molecule has 27 heavy (non-hydrogen) atoms. The first-order chi connectivity index (χ1) is 12.5. The van der Waals surface area contributed by atoms with E-state index in [-0.39, 0.29) is 39.4 Å². The number of sulfone groups is 1. The minimum Gasteiger partial charge on any atom is -0.316 e. The molecule has 1 saturated carbocycles. The molecule has 0 bridgehead atoms. The van der Waals surface area contributed by atoms with Gasteiger partial charge in [-0.25, -0.2) is 8.42 Å². The van der Waals surface area contributed by atoms with E-state index >= 15 is 0 Å². The van der Waals surface area contributed by atoms with Gasteiger partial charge in [-0.3, -0.25) is 4.79 Å². The predicted octanol–water partition coefficient (Wildman–Crippen LogP) is 3.37. The van der Waals surface area contributed by atoms with Crippen LogP contribution in [0.1, 0.15) is 18.4 Å². The minimum atomic E-state index is -4.65. The van der Waals surface area contributed by atoms with Crippen LogP contribution in [-0.4, -0.2) is 42.3 Å². The predicted molar refractivity (Wildman–Crippen MR) is 97.9 cm³/mol. The van der Waals surface area contributed by atoms with Crippen LogP contribution >= 0.6 is 23.4 Å². The summed E-state index contributed by atoms with van der Waals surface area (Å²) in [6.07, 6.45) is -3.15. The second kappa shape index (κ2) is 6.38. The summed E-state index contributed by atoms with van der Waals surface area (Å²) in [5.74, 6) is -0.726. The molecule has 2 aliphatic heterocycles. The number of carbonyl (C=O) groups excluding carboxylic acids is 1. The van der Waals surface area contributed by atoms with Crippen molar-refractivity contribution in [2.75, 3.05) is 16.4 Å². The van der Waals surface area contributed by atoms with Crippen LogP contribution in [-0.2, 0) is 20.8 Å². The maximum Gasteiger partial charge on any atom is 0.417 e. The van der Waals surface area contributed by atoms with E-state index < -0.39 is 32.6 Å². The van der Waals surface area contributed by atoms with Gasteiger partial charge in [-0.15, -0.1) is 0 Å². The minimum absolute atomic E-state index is 0.0881. The molecule has 1 amide bonds. The number of amidine groups is 1. The van der Waals surface area contributed by atoms with Crippen molar-refractivity contribution in [2.45, 2.75) is 30.3 Å². The number of hydrogen-bond acceptors (Lipinski definition) is 4. The Labute approximate surface area is 162 Å². The molecule has 5 nitrogen and oxygen atoms in total. The molecule has 2 heterocycles. The Kier molecular flexibility index (Phi) is 4.51. The fraction of sp³-hybridized carbons (Fsp3) is 0.500. The van der Waals surface area contributed by atoms with Gasteiger partial charge in [-0.1, -0.05) is 23.4 Å². The number of nitrogens with zero attached hydrogens (tertiary/aromatic N) is 2. The SMILES string of the molecule is O=C(N=C1S[C@@H]2CS(=O)(=O)C[C@H]2N1c1ccc(Cl)c(C(F)(F)F)c1)C1CC1. The van der Waals surface area contributed by atoms with E-state index in [0.29, 0.717) is 0 Å². The van der Waals surface area contributed by atoms with Gasteiger partial charge in [-0.05, 0) is 31.0 Å². The van der Waals surface area contributed by atoms with Gasteiger partial charge < -0.3 is 4.90 Å². The summed E-state index contributed by atoms with van der Waals surface area (Å²) in [7, 11) is -3.30. The number of aliphatic imine (C=N–C) groups is 1. The van der Waals surface area contributed by atoms with E-state index in [9.17, 15) is 26.4 Å². The van der Waals surface area contributed by atoms with Gasteiger partial charge in [0.15, 0.2) is 15.0 Å². The summed E-state index contributed by atoms with van der Waals surface area (Å²) < 4.78 is 63.7.